The number of aryl methyl sites for hydroxylation is 1. The standard InChI is InChI=1S/C12H18N2O2S/c1-8-11(9(2)15)17-12(13-8)14(6-7-16-3)10-4-5-10/h10H,4-7H2,1-3H3. The smallest absolute Gasteiger partial charge is 0.186 e. The Labute approximate surface area is 106 Å². The molecule has 0 radical (unpaired) electrons. The van der Waals surface area contributed by atoms with Crippen LogP contribution in [0.5, 0.6) is 0 Å². The van der Waals surface area contributed by atoms with Gasteiger partial charge in [-0.15, -0.1) is 0 Å². The number of carbonyl (C=O) groups is 1. The fraction of sp³-hybridized carbons (Fsp3) is 0.667. The molecule has 1 aromatic rings. The first-order valence-electron chi connectivity index (χ1n) is 5.87. The van der Waals surface area contributed by atoms with Gasteiger partial charge in [0.15, 0.2) is 10.9 Å². The summed E-state index contributed by atoms with van der Waals surface area (Å²) in [5.41, 5.74) is 0.848. The molecule has 0 atom stereocenters. The first-order valence-corrected chi connectivity index (χ1v) is 6.69. The number of nitrogens with zero attached hydrogens (tertiary/aromatic N) is 2. The fourth-order valence-corrected chi connectivity index (χ4v) is 2.90. The van der Waals surface area contributed by atoms with E-state index in [1.165, 1.54) is 24.2 Å². The van der Waals surface area contributed by atoms with Crippen LogP contribution in [-0.4, -0.2) is 37.1 Å². The maximum atomic E-state index is 11.4. The highest BCUT2D eigenvalue weighted by molar-refractivity contribution is 7.17. The quantitative estimate of drug-likeness (QED) is 0.730. The Hall–Kier alpha value is -0.940. The monoisotopic (exact) mass is 254 g/mol. The number of anilines is 1. The average molecular weight is 254 g/mol. The number of methoxy groups -OCH3 is 1. The molecule has 0 saturated heterocycles. The van der Waals surface area contributed by atoms with Gasteiger partial charge in [0, 0.05) is 26.6 Å². The van der Waals surface area contributed by atoms with Crippen molar-refractivity contribution < 1.29 is 9.53 Å². The zero-order valence-corrected chi connectivity index (χ0v) is 11.3. The summed E-state index contributed by atoms with van der Waals surface area (Å²) in [7, 11) is 1.71. The maximum absolute atomic E-state index is 11.4. The number of carbonyl (C=O) groups excluding carboxylic acids is 1. The lowest BCUT2D eigenvalue weighted by molar-refractivity contribution is 0.102. The van der Waals surface area contributed by atoms with E-state index in [0.717, 1.165) is 22.2 Å². The Kier molecular flexibility index (Phi) is 3.79. The number of Topliss-reactive ketones (excluding diaryl/α,β-unsaturated/α-hetero) is 1. The molecule has 0 amide bonds. The second kappa shape index (κ2) is 5.14. The van der Waals surface area contributed by atoms with Gasteiger partial charge in [0.05, 0.1) is 17.2 Å². The largest absolute Gasteiger partial charge is 0.383 e. The van der Waals surface area contributed by atoms with Crippen molar-refractivity contribution in [2.45, 2.75) is 32.7 Å². The van der Waals surface area contributed by atoms with E-state index >= 15 is 0 Å². The van der Waals surface area contributed by atoms with Crippen LogP contribution >= 0.6 is 11.3 Å². The van der Waals surface area contributed by atoms with E-state index in [1.54, 1.807) is 14.0 Å². The van der Waals surface area contributed by atoms with Crippen LogP contribution in [0.4, 0.5) is 5.13 Å². The van der Waals surface area contributed by atoms with E-state index in [2.05, 4.69) is 9.88 Å². The molecule has 1 aliphatic carbocycles. The van der Waals surface area contributed by atoms with Gasteiger partial charge in [-0.25, -0.2) is 4.98 Å². The van der Waals surface area contributed by atoms with E-state index in [-0.39, 0.29) is 5.78 Å². The highest BCUT2D eigenvalue weighted by Gasteiger charge is 2.31. The van der Waals surface area contributed by atoms with Crippen LogP contribution in [0.1, 0.15) is 35.1 Å². The maximum Gasteiger partial charge on any atom is 0.186 e. The molecule has 1 fully saturated rings. The molecule has 2 rings (SSSR count). The van der Waals surface area contributed by atoms with Gasteiger partial charge in [0.25, 0.3) is 0 Å². The molecular formula is C12H18N2O2S. The third-order valence-electron chi connectivity index (χ3n) is 2.87. The van der Waals surface area contributed by atoms with Gasteiger partial charge in [0.1, 0.15) is 0 Å². The number of hydrogen-bond acceptors (Lipinski definition) is 5. The lowest BCUT2D eigenvalue weighted by Crippen LogP contribution is -2.29. The van der Waals surface area contributed by atoms with Crippen molar-refractivity contribution in [3.8, 4) is 0 Å². The SMILES string of the molecule is COCCN(c1nc(C)c(C(C)=O)s1)C1CC1. The fourth-order valence-electron chi connectivity index (χ4n) is 1.84. The third kappa shape index (κ3) is 2.84. The molecule has 0 aromatic carbocycles. The minimum absolute atomic E-state index is 0.105. The van der Waals surface area contributed by atoms with E-state index in [4.69, 9.17) is 4.74 Å². The Bertz CT molecular complexity index is 413. The van der Waals surface area contributed by atoms with Gasteiger partial charge in [-0.2, -0.15) is 0 Å². The second-order valence-corrected chi connectivity index (χ2v) is 5.36. The van der Waals surface area contributed by atoms with Crippen molar-refractivity contribution in [1.82, 2.24) is 4.98 Å². The Morgan fingerprint density at radius 1 is 1.59 bits per heavy atom. The number of ketones is 1. The predicted octanol–water partition coefficient (Wildman–Crippen LogP) is 2.27. The summed E-state index contributed by atoms with van der Waals surface area (Å²) in [6, 6.07) is 0.593. The molecule has 0 aliphatic heterocycles. The molecule has 1 saturated carbocycles. The zero-order chi connectivity index (χ0) is 12.4. The summed E-state index contributed by atoms with van der Waals surface area (Å²) in [4.78, 5) is 19.0. The molecule has 94 valence electrons. The molecule has 0 N–H and O–H groups in total. The van der Waals surface area contributed by atoms with Gasteiger partial charge >= 0.3 is 0 Å². The van der Waals surface area contributed by atoms with Crippen LogP contribution in [0.2, 0.25) is 0 Å². The summed E-state index contributed by atoms with van der Waals surface area (Å²) in [5, 5.41) is 0.965. The summed E-state index contributed by atoms with van der Waals surface area (Å²) in [5.74, 6) is 0.105. The molecule has 1 aromatic heterocycles. The van der Waals surface area contributed by atoms with Crippen molar-refractivity contribution in [2.75, 3.05) is 25.2 Å². The van der Waals surface area contributed by atoms with Gasteiger partial charge in [-0.05, 0) is 19.8 Å². The Morgan fingerprint density at radius 2 is 2.29 bits per heavy atom. The van der Waals surface area contributed by atoms with Crippen molar-refractivity contribution in [3.63, 3.8) is 0 Å². The summed E-state index contributed by atoms with van der Waals surface area (Å²) in [6.07, 6.45) is 2.44. The van der Waals surface area contributed by atoms with Crippen LogP contribution in [0.3, 0.4) is 0 Å². The molecule has 0 unspecified atom stereocenters. The Balaban J connectivity index is 2.17. The number of ether oxygens (including phenoxy) is 1. The topological polar surface area (TPSA) is 42.4 Å². The molecule has 0 bridgehead atoms. The van der Waals surface area contributed by atoms with E-state index in [9.17, 15) is 4.79 Å². The molecule has 1 aliphatic rings. The zero-order valence-electron chi connectivity index (χ0n) is 10.5. The van der Waals surface area contributed by atoms with Crippen molar-refractivity contribution in [2.24, 2.45) is 0 Å². The normalized spacial score (nSPS) is 15.0. The summed E-state index contributed by atoms with van der Waals surface area (Å²) >= 11 is 1.50. The first-order chi connectivity index (χ1) is 8.13. The number of aromatic nitrogens is 1. The van der Waals surface area contributed by atoms with Crippen molar-refractivity contribution >= 4 is 22.3 Å². The van der Waals surface area contributed by atoms with Gasteiger partial charge in [-0.3, -0.25) is 4.79 Å². The van der Waals surface area contributed by atoms with Gasteiger partial charge < -0.3 is 9.64 Å². The first kappa shape index (κ1) is 12.5. The predicted molar refractivity (Wildman–Crippen MR) is 69.1 cm³/mol. The number of rotatable bonds is 6. The molecule has 5 heteroatoms. The van der Waals surface area contributed by atoms with Crippen LogP contribution in [-0.2, 0) is 4.74 Å². The highest BCUT2D eigenvalue weighted by atomic mass is 32.1. The summed E-state index contributed by atoms with van der Waals surface area (Å²) in [6.45, 7) is 5.05. The summed E-state index contributed by atoms with van der Waals surface area (Å²) < 4.78 is 5.12. The van der Waals surface area contributed by atoms with Crippen LogP contribution in [0.15, 0.2) is 0 Å². The number of hydrogen-bond donors (Lipinski definition) is 0. The second-order valence-electron chi connectivity index (χ2n) is 4.38. The molecule has 4 nitrogen and oxygen atoms in total. The molecule has 0 spiro atoms. The Morgan fingerprint density at radius 3 is 2.76 bits per heavy atom. The van der Waals surface area contributed by atoms with E-state index < -0.39 is 0 Å². The van der Waals surface area contributed by atoms with Crippen LogP contribution in [0, 0.1) is 6.92 Å². The average Bonchev–Trinajstić information content (AvgIpc) is 3.02. The van der Waals surface area contributed by atoms with Gasteiger partial charge in [0.2, 0.25) is 0 Å². The molecule has 17 heavy (non-hydrogen) atoms. The number of thiazole rings is 1. The lowest BCUT2D eigenvalue weighted by atomic mass is 10.3. The van der Waals surface area contributed by atoms with Crippen molar-refractivity contribution in [1.29, 1.82) is 0 Å². The third-order valence-corrected chi connectivity index (χ3v) is 4.17. The van der Waals surface area contributed by atoms with Gasteiger partial charge in [-0.1, -0.05) is 11.3 Å². The van der Waals surface area contributed by atoms with E-state index in [1.807, 2.05) is 6.92 Å². The molecular weight excluding hydrogens is 236 g/mol. The minimum Gasteiger partial charge on any atom is -0.383 e. The minimum atomic E-state index is 0.105. The highest BCUT2D eigenvalue weighted by Crippen LogP contribution is 2.35. The van der Waals surface area contributed by atoms with Crippen LogP contribution < -0.4 is 4.90 Å². The van der Waals surface area contributed by atoms with E-state index in [0.29, 0.717) is 12.6 Å². The molecule has 1 heterocycles. The van der Waals surface area contributed by atoms with Crippen LogP contribution in [0.25, 0.3) is 0 Å². The lowest BCUT2D eigenvalue weighted by Gasteiger charge is -2.20. The van der Waals surface area contributed by atoms with Crippen molar-refractivity contribution in [3.05, 3.63) is 10.6 Å².